The summed E-state index contributed by atoms with van der Waals surface area (Å²) < 4.78 is 18.0. The van der Waals surface area contributed by atoms with Gasteiger partial charge >= 0.3 is 0 Å². The van der Waals surface area contributed by atoms with Crippen molar-refractivity contribution >= 4 is 76.7 Å². The number of furan rings is 2. The zero-order valence-corrected chi connectivity index (χ0v) is 28.9. The predicted octanol–water partition coefficient (Wildman–Crippen LogP) is 13.3. The van der Waals surface area contributed by atoms with E-state index in [-0.39, 0.29) is 0 Å². The number of nitrogens with zero attached hydrogens (tertiary/aromatic N) is 3. The van der Waals surface area contributed by atoms with Crippen LogP contribution >= 0.6 is 0 Å². The molecule has 0 aliphatic carbocycles. The van der Waals surface area contributed by atoms with Crippen LogP contribution in [0.4, 0.5) is 0 Å². The Balaban J connectivity index is 1.17. The minimum Gasteiger partial charge on any atom is -0.455 e. The van der Waals surface area contributed by atoms with Crippen LogP contribution in [0.3, 0.4) is 0 Å². The molecule has 0 unspecified atom stereocenters. The SMILES string of the molecule is c1ccc(-c2nc3ccccc3n2-c2ccc3c4ccc(-c5c6oc7ccccc7c6cc6c5oc5ccccc56)cc4n(-c4ccccc4)c3c2)cc1. The fraction of sp³-hybridized carbons (Fsp3) is 0. The normalized spacial score (nSPS) is 12.1. The highest BCUT2D eigenvalue weighted by atomic mass is 16.3. The van der Waals surface area contributed by atoms with Gasteiger partial charge in [-0.1, -0.05) is 115 Å². The first-order chi connectivity index (χ1) is 26.8. The second-order valence-electron chi connectivity index (χ2n) is 13.9. The maximum Gasteiger partial charge on any atom is 0.147 e. The van der Waals surface area contributed by atoms with Crippen molar-refractivity contribution in [3.8, 4) is 33.9 Å². The van der Waals surface area contributed by atoms with E-state index >= 15 is 0 Å². The molecule has 12 aromatic rings. The van der Waals surface area contributed by atoms with Crippen LogP contribution in [0.15, 0.2) is 185 Å². The summed E-state index contributed by atoms with van der Waals surface area (Å²) in [5.41, 5.74) is 12.8. The van der Waals surface area contributed by atoms with E-state index in [0.717, 1.165) is 99.8 Å². The number of para-hydroxylation sites is 5. The van der Waals surface area contributed by atoms with Gasteiger partial charge in [0, 0.05) is 49.3 Å². The monoisotopic (exact) mass is 691 g/mol. The summed E-state index contributed by atoms with van der Waals surface area (Å²) in [5.74, 6) is 0.912. The largest absolute Gasteiger partial charge is 0.455 e. The Bertz CT molecular complexity index is 3350. The van der Waals surface area contributed by atoms with Crippen LogP contribution in [0.1, 0.15) is 0 Å². The molecule has 0 fully saturated rings. The van der Waals surface area contributed by atoms with Crippen molar-refractivity contribution < 1.29 is 8.83 Å². The number of fused-ring (bicyclic) bond motifs is 10. The van der Waals surface area contributed by atoms with Crippen LogP contribution in [0, 0.1) is 0 Å². The highest BCUT2D eigenvalue weighted by Crippen LogP contribution is 2.46. The molecule has 4 aromatic heterocycles. The average Bonchev–Trinajstić information content (AvgIpc) is 3.99. The average molecular weight is 692 g/mol. The Morgan fingerprint density at radius 3 is 1.69 bits per heavy atom. The quantitative estimate of drug-likeness (QED) is 0.185. The molecule has 0 saturated heterocycles. The van der Waals surface area contributed by atoms with Gasteiger partial charge in [0.05, 0.1) is 27.6 Å². The summed E-state index contributed by atoms with van der Waals surface area (Å²) >= 11 is 0. The molecular weight excluding hydrogens is 663 g/mol. The predicted molar refractivity (Wildman–Crippen MR) is 221 cm³/mol. The zero-order chi connectivity index (χ0) is 35.3. The molecule has 0 spiro atoms. The lowest BCUT2D eigenvalue weighted by Gasteiger charge is -2.12. The van der Waals surface area contributed by atoms with Crippen LogP contribution in [0.25, 0.3) is 111 Å². The molecule has 0 amide bonds. The molecule has 0 saturated carbocycles. The molecule has 5 heteroatoms. The van der Waals surface area contributed by atoms with E-state index in [1.807, 2.05) is 36.4 Å². The van der Waals surface area contributed by atoms with Gasteiger partial charge in [0.15, 0.2) is 0 Å². The molecule has 0 aliphatic rings. The number of hydrogen-bond donors (Lipinski definition) is 0. The second-order valence-corrected chi connectivity index (χ2v) is 13.9. The van der Waals surface area contributed by atoms with Gasteiger partial charge in [-0.2, -0.15) is 0 Å². The van der Waals surface area contributed by atoms with Crippen molar-refractivity contribution in [2.45, 2.75) is 0 Å². The van der Waals surface area contributed by atoms with E-state index in [2.05, 4.69) is 149 Å². The lowest BCUT2D eigenvalue weighted by atomic mass is 9.97. The van der Waals surface area contributed by atoms with Crippen LogP contribution in [0.2, 0.25) is 0 Å². The molecule has 12 rings (SSSR count). The first-order valence-electron chi connectivity index (χ1n) is 18.2. The summed E-state index contributed by atoms with van der Waals surface area (Å²) in [6, 6.07) is 61.8. The summed E-state index contributed by atoms with van der Waals surface area (Å²) in [5, 5.41) is 6.68. The third-order valence-electron chi connectivity index (χ3n) is 10.9. The highest BCUT2D eigenvalue weighted by Gasteiger charge is 2.23. The molecular formula is C49H29N3O2. The zero-order valence-electron chi connectivity index (χ0n) is 28.9. The van der Waals surface area contributed by atoms with Gasteiger partial charge in [-0.3, -0.25) is 4.57 Å². The van der Waals surface area contributed by atoms with E-state index in [1.54, 1.807) is 0 Å². The Labute approximate surface area is 308 Å². The number of aromatic nitrogens is 3. The molecule has 0 N–H and O–H groups in total. The van der Waals surface area contributed by atoms with Gasteiger partial charge in [0.2, 0.25) is 0 Å². The van der Waals surface area contributed by atoms with Gasteiger partial charge in [0.25, 0.3) is 0 Å². The molecule has 54 heavy (non-hydrogen) atoms. The number of hydrogen-bond acceptors (Lipinski definition) is 3. The van der Waals surface area contributed by atoms with Gasteiger partial charge in [0.1, 0.15) is 28.2 Å². The fourth-order valence-electron chi connectivity index (χ4n) is 8.52. The first-order valence-corrected chi connectivity index (χ1v) is 18.2. The van der Waals surface area contributed by atoms with E-state index in [1.165, 1.54) is 10.8 Å². The van der Waals surface area contributed by atoms with Crippen molar-refractivity contribution in [3.05, 3.63) is 176 Å². The van der Waals surface area contributed by atoms with Gasteiger partial charge in [-0.25, -0.2) is 4.98 Å². The minimum atomic E-state index is 0.826. The lowest BCUT2D eigenvalue weighted by molar-refractivity contribution is 0.658. The van der Waals surface area contributed by atoms with E-state index in [9.17, 15) is 0 Å². The number of rotatable bonds is 4. The molecule has 5 nitrogen and oxygen atoms in total. The van der Waals surface area contributed by atoms with Gasteiger partial charge in [-0.15, -0.1) is 0 Å². The Morgan fingerprint density at radius 1 is 0.370 bits per heavy atom. The molecule has 0 radical (unpaired) electrons. The van der Waals surface area contributed by atoms with Crippen molar-refractivity contribution in [3.63, 3.8) is 0 Å². The van der Waals surface area contributed by atoms with Gasteiger partial charge in [-0.05, 0) is 66.2 Å². The van der Waals surface area contributed by atoms with E-state index in [4.69, 9.17) is 13.8 Å². The summed E-state index contributed by atoms with van der Waals surface area (Å²) in [4.78, 5) is 5.13. The van der Waals surface area contributed by atoms with Crippen molar-refractivity contribution in [1.29, 1.82) is 0 Å². The van der Waals surface area contributed by atoms with Crippen molar-refractivity contribution in [2.24, 2.45) is 0 Å². The number of imidazole rings is 1. The maximum absolute atomic E-state index is 6.69. The third kappa shape index (κ3) is 4.12. The van der Waals surface area contributed by atoms with E-state index < -0.39 is 0 Å². The third-order valence-corrected chi connectivity index (χ3v) is 10.9. The highest BCUT2D eigenvalue weighted by molar-refractivity contribution is 6.22. The molecule has 8 aromatic carbocycles. The first kappa shape index (κ1) is 29.2. The van der Waals surface area contributed by atoms with E-state index in [0.29, 0.717) is 0 Å². The molecule has 252 valence electrons. The summed E-state index contributed by atoms with van der Waals surface area (Å²) in [7, 11) is 0. The van der Waals surface area contributed by atoms with Gasteiger partial charge < -0.3 is 13.4 Å². The van der Waals surface area contributed by atoms with Crippen LogP contribution < -0.4 is 0 Å². The molecule has 0 atom stereocenters. The summed E-state index contributed by atoms with van der Waals surface area (Å²) in [6.07, 6.45) is 0. The van der Waals surface area contributed by atoms with Crippen LogP contribution in [0.5, 0.6) is 0 Å². The smallest absolute Gasteiger partial charge is 0.147 e. The summed E-state index contributed by atoms with van der Waals surface area (Å²) in [6.45, 7) is 0. The second kappa shape index (κ2) is 11.1. The Hall–Kier alpha value is -7.37. The minimum absolute atomic E-state index is 0.826. The lowest BCUT2D eigenvalue weighted by Crippen LogP contribution is -1.99. The molecule has 4 heterocycles. The molecule has 0 aliphatic heterocycles. The Morgan fingerprint density at radius 2 is 0.963 bits per heavy atom. The topological polar surface area (TPSA) is 49.0 Å². The van der Waals surface area contributed by atoms with Crippen LogP contribution in [-0.2, 0) is 0 Å². The van der Waals surface area contributed by atoms with Crippen molar-refractivity contribution in [2.75, 3.05) is 0 Å². The fourth-order valence-corrected chi connectivity index (χ4v) is 8.52. The number of benzene rings is 8. The maximum atomic E-state index is 6.69. The standard InChI is InChI=1S/C49H29N3O2/c1-3-13-30(14-4-1)49-50-40-19-9-10-20-41(40)52(49)33-24-26-35-34-25-23-31(27-42(34)51(43(35)28-33)32-15-5-2-6-16-32)46-47-38(36-17-7-11-21-44(36)53-47)29-39-37-18-8-12-22-45(37)54-48(39)46/h1-29H. The molecule has 0 bridgehead atoms. The van der Waals surface area contributed by atoms with Crippen molar-refractivity contribution in [1.82, 2.24) is 14.1 Å². The Kier molecular flexibility index (Phi) is 5.99. The van der Waals surface area contributed by atoms with Crippen LogP contribution in [-0.4, -0.2) is 14.1 Å².